The van der Waals surface area contributed by atoms with Gasteiger partial charge in [-0.2, -0.15) is 0 Å². The maximum Gasteiger partial charge on any atom is 0.257 e. The van der Waals surface area contributed by atoms with E-state index in [0.717, 1.165) is 24.3 Å². The van der Waals surface area contributed by atoms with Crippen molar-refractivity contribution in [2.24, 2.45) is 0 Å². The number of hydrogen-bond acceptors (Lipinski definition) is 6. The summed E-state index contributed by atoms with van der Waals surface area (Å²) in [6.45, 7) is 2.82. The smallest absolute Gasteiger partial charge is 0.257 e. The molecule has 0 radical (unpaired) electrons. The third-order valence-corrected chi connectivity index (χ3v) is 4.12. The van der Waals surface area contributed by atoms with Crippen LogP contribution in [0.25, 0.3) is 10.9 Å². The second kappa shape index (κ2) is 6.82. The third-order valence-electron chi connectivity index (χ3n) is 4.12. The maximum atomic E-state index is 12.8. The minimum Gasteiger partial charge on any atom is -0.378 e. The molecule has 1 N–H and O–H groups in total. The number of nitrogens with one attached hydrogen (secondary N) is 1. The molecule has 0 aliphatic carbocycles. The fourth-order valence-electron chi connectivity index (χ4n) is 2.91. The van der Waals surface area contributed by atoms with E-state index in [1.807, 2.05) is 24.3 Å². The number of anilines is 2. The molecule has 0 unspecified atom stereocenters. The van der Waals surface area contributed by atoms with E-state index in [1.54, 1.807) is 18.5 Å². The highest BCUT2D eigenvalue weighted by Crippen LogP contribution is 2.25. The van der Waals surface area contributed by atoms with Crippen molar-refractivity contribution in [2.75, 3.05) is 36.5 Å². The van der Waals surface area contributed by atoms with E-state index >= 15 is 0 Å². The first-order valence-corrected chi connectivity index (χ1v) is 8.11. The van der Waals surface area contributed by atoms with Crippen LogP contribution in [0.1, 0.15) is 10.4 Å². The summed E-state index contributed by atoms with van der Waals surface area (Å²) in [5, 5.41) is 3.80. The number of nitrogens with zero attached hydrogens (tertiary/aromatic N) is 4. The van der Waals surface area contributed by atoms with Gasteiger partial charge < -0.3 is 15.0 Å². The standard InChI is InChI=1S/C18H17N5O2/c24-18(14-4-1-3-13-11-19-12-21-16(13)14)22-15-5-2-6-20-17(15)23-7-9-25-10-8-23/h1-6,11-12H,7-10H2,(H,22,24). The van der Waals surface area contributed by atoms with Gasteiger partial charge in [0.1, 0.15) is 6.33 Å². The van der Waals surface area contributed by atoms with E-state index in [1.165, 1.54) is 6.33 Å². The summed E-state index contributed by atoms with van der Waals surface area (Å²) in [7, 11) is 0. The Labute approximate surface area is 144 Å². The van der Waals surface area contributed by atoms with Gasteiger partial charge in [-0.3, -0.25) is 4.79 Å². The molecular formula is C18H17N5O2. The van der Waals surface area contributed by atoms with Crippen molar-refractivity contribution in [2.45, 2.75) is 0 Å². The molecule has 7 heteroatoms. The van der Waals surface area contributed by atoms with E-state index in [9.17, 15) is 4.79 Å². The van der Waals surface area contributed by atoms with Crippen LogP contribution in [0.4, 0.5) is 11.5 Å². The molecule has 3 aromatic rings. The van der Waals surface area contributed by atoms with Gasteiger partial charge in [0.2, 0.25) is 0 Å². The van der Waals surface area contributed by atoms with Crippen molar-refractivity contribution in [3.63, 3.8) is 0 Å². The highest BCUT2D eigenvalue weighted by Gasteiger charge is 2.18. The molecule has 25 heavy (non-hydrogen) atoms. The molecule has 3 heterocycles. The van der Waals surface area contributed by atoms with Crippen molar-refractivity contribution < 1.29 is 9.53 Å². The third kappa shape index (κ3) is 3.14. The van der Waals surface area contributed by atoms with Gasteiger partial charge >= 0.3 is 0 Å². The first-order chi connectivity index (χ1) is 12.3. The van der Waals surface area contributed by atoms with Gasteiger partial charge in [0, 0.05) is 30.9 Å². The number of aromatic nitrogens is 3. The molecule has 1 aliphatic rings. The molecule has 1 saturated heterocycles. The molecule has 0 atom stereocenters. The normalized spacial score (nSPS) is 14.5. The first-order valence-electron chi connectivity index (χ1n) is 8.11. The van der Waals surface area contributed by atoms with Gasteiger partial charge in [0.05, 0.1) is 30.0 Å². The van der Waals surface area contributed by atoms with Crippen molar-refractivity contribution in [1.82, 2.24) is 15.0 Å². The highest BCUT2D eigenvalue weighted by molar-refractivity contribution is 6.12. The van der Waals surface area contributed by atoms with Crippen LogP contribution >= 0.6 is 0 Å². The van der Waals surface area contributed by atoms with Crippen LogP contribution in [0.3, 0.4) is 0 Å². The van der Waals surface area contributed by atoms with Crippen molar-refractivity contribution in [1.29, 1.82) is 0 Å². The zero-order chi connectivity index (χ0) is 17.1. The average Bonchev–Trinajstić information content (AvgIpc) is 2.68. The highest BCUT2D eigenvalue weighted by atomic mass is 16.5. The maximum absolute atomic E-state index is 12.8. The molecular weight excluding hydrogens is 318 g/mol. The molecule has 126 valence electrons. The number of carbonyl (C=O) groups is 1. The Morgan fingerprint density at radius 2 is 2.00 bits per heavy atom. The molecule has 0 saturated carbocycles. The number of amides is 1. The number of fused-ring (bicyclic) bond motifs is 1. The number of benzene rings is 1. The van der Waals surface area contributed by atoms with Gasteiger partial charge in [0.15, 0.2) is 5.82 Å². The Bertz CT molecular complexity index is 903. The summed E-state index contributed by atoms with van der Waals surface area (Å²) in [4.78, 5) is 27.6. The number of rotatable bonds is 3. The summed E-state index contributed by atoms with van der Waals surface area (Å²) in [6, 6.07) is 9.14. The van der Waals surface area contributed by atoms with Gasteiger partial charge in [-0.05, 0) is 18.2 Å². The summed E-state index contributed by atoms with van der Waals surface area (Å²) < 4.78 is 5.39. The van der Waals surface area contributed by atoms with Crippen LogP contribution in [0.15, 0.2) is 49.1 Å². The molecule has 1 fully saturated rings. The Balaban J connectivity index is 1.65. The van der Waals surface area contributed by atoms with Gasteiger partial charge in [0.25, 0.3) is 5.91 Å². The van der Waals surface area contributed by atoms with E-state index in [2.05, 4.69) is 25.2 Å². The molecule has 0 bridgehead atoms. The Hall–Kier alpha value is -3.06. The van der Waals surface area contributed by atoms with Crippen LogP contribution in [-0.2, 0) is 4.74 Å². The van der Waals surface area contributed by atoms with Crippen LogP contribution in [0.2, 0.25) is 0 Å². The summed E-state index contributed by atoms with van der Waals surface area (Å²) in [6.07, 6.45) is 4.87. The lowest BCUT2D eigenvalue weighted by molar-refractivity contribution is 0.102. The van der Waals surface area contributed by atoms with E-state index in [-0.39, 0.29) is 5.91 Å². The number of carbonyl (C=O) groups excluding carboxylic acids is 1. The molecule has 1 aliphatic heterocycles. The van der Waals surface area contributed by atoms with E-state index in [0.29, 0.717) is 30.0 Å². The molecule has 2 aromatic heterocycles. The van der Waals surface area contributed by atoms with Crippen molar-refractivity contribution in [3.05, 3.63) is 54.6 Å². The average molecular weight is 335 g/mol. The van der Waals surface area contributed by atoms with E-state index in [4.69, 9.17) is 4.74 Å². The monoisotopic (exact) mass is 335 g/mol. The predicted octanol–water partition coefficient (Wildman–Crippen LogP) is 2.11. The minimum absolute atomic E-state index is 0.216. The predicted molar refractivity (Wildman–Crippen MR) is 94.8 cm³/mol. The lowest BCUT2D eigenvalue weighted by atomic mass is 10.1. The number of para-hydroxylation sites is 1. The van der Waals surface area contributed by atoms with Crippen LogP contribution in [0.5, 0.6) is 0 Å². The SMILES string of the molecule is O=C(Nc1cccnc1N1CCOCC1)c1cccc2cncnc12. The first kappa shape index (κ1) is 15.5. The lowest BCUT2D eigenvalue weighted by Crippen LogP contribution is -2.37. The molecule has 4 rings (SSSR count). The van der Waals surface area contributed by atoms with Gasteiger partial charge in [-0.25, -0.2) is 15.0 Å². The van der Waals surface area contributed by atoms with Crippen LogP contribution < -0.4 is 10.2 Å². The fraction of sp³-hybridized carbons (Fsp3) is 0.222. The van der Waals surface area contributed by atoms with Crippen LogP contribution in [-0.4, -0.2) is 47.2 Å². The number of ether oxygens (including phenoxy) is 1. The largest absolute Gasteiger partial charge is 0.378 e. The Morgan fingerprint density at radius 1 is 1.12 bits per heavy atom. The number of morpholine rings is 1. The number of pyridine rings is 1. The van der Waals surface area contributed by atoms with Gasteiger partial charge in [-0.1, -0.05) is 12.1 Å². The Morgan fingerprint density at radius 3 is 2.88 bits per heavy atom. The summed E-state index contributed by atoms with van der Waals surface area (Å²) in [5.74, 6) is 0.542. The number of hydrogen-bond donors (Lipinski definition) is 1. The molecule has 1 amide bonds. The Kier molecular flexibility index (Phi) is 4.22. The van der Waals surface area contributed by atoms with Gasteiger partial charge in [-0.15, -0.1) is 0 Å². The minimum atomic E-state index is -0.216. The summed E-state index contributed by atoms with van der Waals surface area (Å²) >= 11 is 0. The second-order valence-corrected chi connectivity index (χ2v) is 5.69. The fourth-order valence-corrected chi connectivity index (χ4v) is 2.91. The van der Waals surface area contributed by atoms with Crippen molar-refractivity contribution >= 4 is 28.3 Å². The van der Waals surface area contributed by atoms with Crippen LogP contribution in [0, 0.1) is 0 Å². The molecule has 0 spiro atoms. The second-order valence-electron chi connectivity index (χ2n) is 5.69. The molecule has 1 aromatic carbocycles. The topological polar surface area (TPSA) is 80.2 Å². The zero-order valence-corrected chi connectivity index (χ0v) is 13.6. The lowest BCUT2D eigenvalue weighted by Gasteiger charge is -2.29. The van der Waals surface area contributed by atoms with Crippen molar-refractivity contribution in [3.8, 4) is 0 Å². The quantitative estimate of drug-likeness (QED) is 0.790. The summed E-state index contributed by atoms with van der Waals surface area (Å²) in [5.41, 5.74) is 1.82. The zero-order valence-electron chi connectivity index (χ0n) is 13.6. The molecule has 7 nitrogen and oxygen atoms in total. The van der Waals surface area contributed by atoms with E-state index < -0.39 is 0 Å².